The molecular weight excluding hydrogens is 268 g/mol. The second-order valence-electron chi connectivity index (χ2n) is 4.94. The number of ether oxygens (including phenoxy) is 2. The van der Waals surface area contributed by atoms with E-state index in [1.807, 2.05) is 0 Å². The Morgan fingerprint density at radius 3 is 2.37 bits per heavy atom. The van der Waals surface area contributed by atoms with Gasteiger partial charge in [-0.15, -0.1) is 4.98 Å². The van der Waals surface area contributed by atoms with Gasteiger partial charge in [0.1, 0.15) is 6.61 Å². The topological polar surface area (TPSA) is 83.2 Å². The molecular formula is C12H19ClN4O2. The quantitative estimate of drug-likeness (QED) is 0.852. The summed E-state index contributed by atoms with van der Waals surface area (Å²) >= 11 is 5.76. The Bertz CT molecular complexity index is 422. The van der Waals surface area contributed by atoms with Crippen LogP contribution in [0.15, 0.2) is 0 Å². The molecule has 1 fully saturated rings. The smallest absolute Gasteiger partial charge is 0.323 e. The highest BCUT2D eigenvalue weighted by Crippen LogP contribution is 2.25. The first-order valence-corrected chi connectivity index (χ1v) is 6.86. The molecule has 0 aliphatic heterocycles. The number of nitrogens with two attached hydrogens (primary N) is 1. The van der Waals surface area contributed by atoms with Crippen LogP contribution in [0.1, 0.15) is 38.5 Å². The fourth-order valence-electron chi connectivity index (χ4n) is 2.26. The number of aromatic nitrogens is 3. The Hall–Kier alpha value is -1.14. The first-order valence-electron chi connectivity index (χ1n) is 6.49. The lowest BCUT2D eigenvalue weighted by Crippen LogP contribution is -2.45. The summed E-state index contributed by atoms with van der Waals surface area (Å²) in [6.45, 7) is 0.385. The van der Waals surface area contributed by atoms with E-state index in [1.165, 1.54) is 20.0 Å². The Balaban J connectivity index is 1.99. The summed E-state index contributed by atoms with van der Waals surface area (Å²) in [5, 5.41) is 0.0498. The van der Waals surface area contributed by atoms with Crippen LogP contribution >= 0.6 is 11.6 Å². The fourth-order valence-corrected chi connectivity index (χ4v) is 2.40. The number of methoxy groups -OCH3 is 1. The van der Waals surface area contributed by atoms with E-state index >= 15 is 0 Å². The van der Waals surface area contributed by atoms with Gasteiger partial charge in [-0.3, -0.25) is 0 Å². The van der Waals surface area contributed by atoms with Gasteiger partial charge >= 0.3 is 12.0 Å². The molecule has 0 atom stereocenters. The van der Waals surface area contributed by atoms with Gasteiger partial charge in [0.15, 0.2) is 0 Å². The van der Waals surface area contributed by atoms with E-state index in [-0.39, 0.29) is 22.8 Å². The zero-order valence-corrected chi connectivity index (χ0v) is 11.8. The Labute approximate surface area is 117 Å². The van der Waals surface area contributed by atoms with E-state index in [1.54, 1.807) is 0 Å². The molecule has 1 heterocycles. The van der Waals surface area contributed by atoms with Crippen LogP contribution in [0.2, 0.25) is 5.28 Å². The Morgan fingerprint density at radius 2 is 1.74 bits per heavy atom. The molecule has 2 N–H and O–H groups in total. The Kier molecular flexibility index (Phi) is 4.76. The van der Waals surface area contributed by atoms with Crippen LogP contribution in [0, 0.1) is 0 Å². The molecule has 19 heavy (non-hydrogen) atoms. The molecule has 1 saturated carbocycles. The van der Waals surface area contributed by atoms with Crippen molar-refractivity contribution in [1.82, 2.24) is 15.0 Å². The number of hydrogen-bond acceptors (Lipinski definition) is 6. The molecule has 106 valence electrons. The molecule has 1 aliphatic carbocycles. The van der Waals surface area contributed by atoms with Crippen LogP contribution in [0.25, 0.3) is 0 Å². The SMILES string of the molecule is COc1nc(Cl)nc(OCC2(N)CCCCCC2)n1. The molecule has 6 nitrogen and oxygen atoms in total. The van der Waals surface area contributed by atoms with Crippen molar-refractivity contribution in [3.05, 3.63) is 5.28 Å². The van der Waals surface area contributed by atoms with Crippen LogP contribution in [-0.4, -0.2) is 34.2 Å². The minimum atomic E-state index is -0.303. The normalized spacial score (nSPS) is 18.7. The van der Waals surface area contributed by atoms with Crippen molar-refractivity contribution in [2.75, 3.05) is 13.7 Å². The van der Waals surface area contributed by atoms with Gasteiger partial charge in [-0.1, -0.05) is 25.7 Å². The van der Waals surface area contributed by atoms with E-state index in [9.17, 15) is 0 Å². The highest BCUT2D eigenvalue weighted by atomic mass is 35.5. The van der Waals surface area contributed by atoms with Crippen molar-refractivity contribution in [1.29, 1.82) is 0 Å². The third-order valence-corrected chi connectivity index (χ3v) is 3.51. The molecule has 0 bridgehead atoms. The zero-order chi connectivity index (χ0) is 13.7. The second kappa shape index (κ2) is 6.34. The van der Waals surface area contributed by atoms with Crippen LogP contribution < -0.4 is 15.2 Å². The monoisotopic (exact) mass is 286 g/mol. The third-order valence-electron chi connectivity index (χ3n) is 3.34. The molecule has 2 rings (SSSR count). The summed E-state index contributed by atoms with van der Waals surface area (Å²) in [6, 6.07) is 0.299. The molecule has 0 radical (unpaired) electrons. The van der Waals surface area contributed by atoms with Crippen LogP contribution in [-0.2, 0) is 0 Å². The van der Waals surface area contributed by atoms with Gasteiger partial charge in [-0.25, -0.2) is 0 Å². The molecule has 0 spiro atoms. The molecule has 0 aromatic carbocycles. The molecule has 1 aromatic rings. The average molecular weight is 287 g/mol. The van der Waals surface area contributed by atoms with Crippen molar-refractivity contribution in [2.45, 2.75) is 44.1 Å². The number of hydrogen-bond donors (Lipinski definition) is 1. The lowest BCUT2D eigenvalue weighted by Gasteiger charge is -2.27. The van der Waals surface area contributed by atoms with Crippen LogP contribution in [0.5, 0.6) is 12.0 Å². The standard InChI is InChI=1S/C12H19ClN4O2/c1-18-10-15-9(13)16-11(17-10)19-8-12(14)6-4-2-3-5-7-12/h2-8,14H2,1H3. The van der Waals surface area contributed by atoms with Gasteiger partial charge < -0.3 is 15.2 Å². The second-order valence-corrected chi connectivity index (χ2v) is 5.28. The molecule has 0 saturated heterocycles. The maximum atomic E-state index is 6.36. The van der Waals surface area contributed by atoms with Gasteiger partial charge in [0, 0.05) is 0 Å². The van der Waals surface area contributed by atoms with Crippen molar-refractivity contribution in [3.8, 4) is 12.0 Å². The minimum absolute atomic E-state index is 0.0498. The summed E-state index contributed by atoms with van der Waals surface area (Å²) in [4.78, 5) is 11.7. The van der Waals surface area contributed by atoms with Crippen LogP contribution in [0.3, 0.4) is 0 Å². The van der Waals surface area contributed by atoms with E-state index in [2.05, 4.69) is 15.0 Å². The van der Waals surface area contributed by atoms with Crippen molar-refractivity contribution in [2.24, 2.45) is 5.73 Å². The van der Waals surface area contributed by atoms with Crippen molar-refractivity contribution < 1.29 is 9.47 Å². The number of halogens is 1. The maximum Gasteiger partial charge on any atom is 0.323 e. The first kappa shape index (κ1) is 14.3. The highest BCUT2D eigenvalue weighted by Gasteiger charge is 2.27. The summed E-state index contributed by atoms with van der Waals surface area (Å²) in [7, 11) is 1.46. The number of nitrogens with zero attached hydrogens (tertiary/aromatic N) is 3. The summed E-state index contributed by atoms with van der Waals surface area (Å²) in [5.74, 6) is 0. The number of rotatable bonds is 4. The van der Waals surface area contributed by atoms with Crippen LogP contribution in [0.4, 0.5) is 0 Å². The molecule has 0 unspecified atom stereocenters. The minimum Gasteiger partial charge on any atom is -0.467 e. The Morgan fingerprint density at radius 1 is 1.11 bits per heavy atom. The molecule has 1 aliphatic rings. The highest BCUT2D eigenvalue weighted by molar-refractivity contribution is 6.28. The molecule has 0 amide bonds. The van der Waals surface area contributed by atoms with Gasteiger partial charge in [0.2, 0.25) is 5.28 Å². The predicted molar refractivity (Wildman–Crippen MR) is 71.5 cm³/mol. The van der Waals surface area contributed by atoms with E-state index in [4.69, 9.17) is 26.8 Å². The van der Waals surface area contributed by atoms with Gasteiger partial charge in [0.05, 0.1) is 12.6 Å². The first-order chi connectivity index (χ1) is 9.11. The third kappa shape index (κ3) is 4.18. The van der Waals surface area contributed by atoms with Gasteiger partial charge in [0.25, 0.3) is 0 Å². The summed E-state index contributed by atoms with van der Waals surface area (Å²) in [5.41, 5.74) is 6.05. The van der Waals surface area contributed by atoms with Crippen molar-refractivity contribution in [3.63, 3.8) is 0 Å². The van der Waals surface area contributed by atoms with Gasteiger partial charge in [-0.2, -0.15) is 9.97 Å². The van der Waals surface area contributed by atoms with E-state index in [0.717, 1.165) is 25.7 Å². The van der Waals surface area contributed by atoms with Gasteiger partial charge in [-0.05, 0) is 24.4 Å². The van der Waals surface area contributed by atoms with E-state index < -0.39 is 0 Å². The zero-order valence-electron chi connectivity index (χ0n) is 11.1. The molecule has 1 aromatic heterocycles. The van der Waals surface area contributed by atoms with E-state index in [0.29, 0.717) is 6.61 Å². The predicted octanol–water partition coefficient (Wildman–Crippen LogP) is 1.96. The van der Waals surface area contributed by atoms with Crippen molar-refractivity contribution >= 4 is 11.6 Å². The lowest BCUT2D eigenvalue weighted by atomic mass is 9.93. The summed E-state index contributed by atoms with van der Waals surface area (Å²) in [6.07, 6.45) is 6.68. The average Bonchev–Trinajstić information content (AvgIpc) is 2.61. The lowest BCUT2D eigenvalue weighted by molar-refractivity contribution is 0.184. The summed E-state index contributed by atoms with van der Waals surface area (Å²) < 4.78 is 10.5. The molecule has 7 heteroatoms. The fraction of sp³-hybridized carbons (Fsp3) is 0.750. The largest absolute Gasteiger partial charge is 0.467 e. The maximum absolute atomic E-state index is 6.36.